The lowest BCUT2D eigenvalue weighted by atomic mass is 9.97. The minimum atomic E-state index is -1.56. The highest BCUT2D eigenvalue weighted by Gasteiger charge is 2.41. The first-order valence-corrected chi connectivity index (χ1v) is 22.7. The summed E-state index contributed by atoms with van der Waals surface area (Å²) in [5.74, 6) is -6.90. The molecule has 15 N–H and O–H groups in total. The van der Waals surface area contributed by atoms with Gasteiger partial charge in [0.15, 0.2) is 0 Å². The number of unbranched alkanes of at least 4 members (excludes halogenated alkanes) is 2. The van der Waals surface area contributed by atoms with Crippen molar-refractivity contribution < 1.29 is 53.7 Å². The number of phenolic OH excluding ortho intramolecular Hbond substituents is 1. The van der Waals surface area contributed by atoms with Crippen LogP contribution >= 0.6 is 0 Å². The molecule has 0 bridgehead atoms. The first-order valence-electron chi connectivity index (χ1n) is 22.7. The molecule has 1 aromatic rings. The second-order valence-electron chi connectivity index (χ2n) is 16.9. The van der Waals surface area contributed by atoms with Gasteiger partial charge in [-0.1, -0.05) is 52.7 Å². The van der Waals surface area contributed by atoms with Crippen molar-refractivity contribution in [3.05, 3.63) is 29.8 Å². The third-order valence-electron chi connectivity index (χ3n) is 11.8. The highest BCUT2D eigenvalue weighted by Crippen LogP contribution is 2.21. The van der Waals surface area contributed by atoms with Crippen LogP contribution in [0.2, 0.25) is 0 Å². The molecule has 10 atom stereocenters. The lowest BCUT2D eigenvalue weighted by molar-refractivity contribution is -0.145. The van der Waals surface area contributed by atoms with Gasteiger partial charge in [0, 0.05) is 6.54 Å². The maximum atomic E-state index is 14.1. The van der Waals surface area contributed by atoms with Crippen LogP contribution in [0.4, 0.5) is 0 Å². The van der Waals surface area contributed by atoms with Crippen LogP contribution in [-0.4, -0.2) is 142 Å². The van der Waals surface area contributed by atoms with Crippen molar-refractivity contribution in [2.45, 2.75) is 154 Å². The number of hydrogen-bond acceptors (Lipinski definition) is 13. The number of amides is 7. The van der Waals surface area contributed by atoms with Gasteiger partial charge in [-0.15, -0.1) is 0 Å². The van der Waals surface area contributed by atoms with E-state index >= 15 is 0 Å². The number of aliphatic hydroxyl groups excluding tert-OH is 1. The topological polar surface area (TPSA) is 351 Å². The maximum Gasteiger partial charge on any atom is 0.326 e. The number of aromatic hydroxyl groups is 1. The summed E-state index contributed by atoms with van der Waals surface area (Å²) in [6, 6.07) is -2.09. The van der Waals surface area contributed by atoms with Crippen LogP contribution in [0.25, 0.3) is 0 Å². The van der Waals surface area contributed by atoms with Crippen LogP contribution in [0.15, 0.2) is 24.3 Å². The smallest absolute Gasteiger partial charge is 0.326 e. The first-order chi connectivity index (χ1) is 30.8. The number of nitrogens with two attached hydrogens (primary N) is 3. The Bertz CT molecular complexity index is 1730. The van der Waals surface area contributed by atoms with Gasteiger partial charge in [-0.25, -0.2) is 4.79 Å². The molecule has 1 heterocycles. The molecule has 0 spiro atoms. The van der Waals surface area contributed by atoms with E-state index in [0.717, 1.165) is 0 Å². The molecule has 1 saturated heterocycles. The van der Waals surface area contributed by atoms with E-state index in [1.807, 2.05) is 6.92 Å². The summed E-state index contributed by atoms with van der Waals surface area (Å²) in [5, 5.41) is 45.6. The number of carboxylic acid groups (broad SMARTS) is 1. The largest absolute Gasteiger partial charge is 0.508 e. The molecule has 0 radical (unpaired) electrons. The minimum absolute atomic E-state index is 0.0583. The molecule has 0 aliphatic carbocycles. The number of nitrogens with one attached hydrogen (secondary N) is 6. The molecule has 0 unspecified atom stereocenters. The molecular weight excluding hydrogens is 845 g/mol. The fraction of sp³-hybridized carbons (Fsp3) is 0.682. The van der Waals surface area contributed by atoms with Gasteiger partial charge < -0.3 is 69.3 Å². The lowest BCUT2D eigenvalue weighted by Crippen LogP contribution is -2.61. The van der Waals surface area contributed by atoms with Gasteiger partial charge in [0.1, 0.15) is 42.0 Å². The molecule has 1 fully saturated rings. The van der Waals surface area contributed by atoms with Crippen molar-refractivity contribution >= 4 is 47.3 Å². The molecule has 1 aromatic carbocycles. The van der Waals surface area contributed by atoms with Crippen molar-refractivity contribution in [2.75, 3.05) is 26.2 Å². The van der Waals surface area contributed by atoms with E-state index < -0.39 is 108 Å². The second-order valence-corrected chi connectivity index (χ2v) is 16.9. The fourth-order valence-electron chi connectivity index (χ4n) is 7.32. The summed E-state index contributed by atoms with van der Waals surface area (Å²) in [6.07, 6.45) is 2.35. The average Bonchev–Trinajstić information content (AvgIpc) is 3.78. The second kappa shape index (κ2) is 28.5. The third kappa shape index (κ3) is 18.2. The van der Waals surface area contributed by atoms with Gasteiger partial charge in [-0.05, 0) is 107 Å². The molecule has 0 saturated carbocycles. The third-order valence-corrected chi connectivity index (χ3v) is 11.8. The summed E-state index contributed by atoms with van der Waals surface area (Å²) in [7, 11) is 0. The number of carbonyl (C=O) groups excluding carboxylic acids is 7. The zero-order valence-electron chi connectivity index (χ0n) is 38.5. The van der Waals surface area contributed by atoms with E-state index in [2.05, 4.69) is 31.9 Å². The number of nitrogens with zero attached hydrogens (tertiary/aromatic N) is 1. The lowest BCUT2D eigenvalue weighted by Gasteiger charge is -2.32. The molecule has 65 heavy (non-hydrogen) atoms. The molecular formula is C44H74N10O11. The first kappa shape index (κ1) is 55.8. The zero-order valence-corrected chi connectivity index (χ0v) is 38.5. The molecule has 21 nitrogen and oxygen atoms in total. The van der Waals surface area contributed by atoms with Crippen LogP contribution in [0, 0.1) is 11.8 Å². The molecule has 366 valence electrons. The van der Waals surface area contributed by atoms with Crippen LogP contribution in [-0.2, 0) is 44.8 Å². The predicted octanol–water partition coefficient (Wildman–Crippen LogP) is -1.39. The predicted molar refractivity (Wildman–Crippen MR) is 241 cm³/mol. The number of rotatable bonds is 29. The number of aliphatic carboxylic acids is 1. The summed E-state index contributed by atoms with van der Waals surface area (Å²) < 4.78 is 0. The summed E-state index contributed by atoms with van der Waals surface area (Å²) >= 11 is 0. The number of carboxylic acids is 1. The van der Waals surface area contributed by atoms with Crippen LogP contribution in [0.1, 0.15) is 104 Å². The van der Waals surface area contributed by atoms with E-state index in [9.17, 15) is 53.7 Å². The standard InChI is InChI=1S/C44H74N10O11/c1-6-25(3)35(51-38(58)30(47)23-28-16-18-29(56)19-17-28)42(62)48-24-34(57)49-31(13-8-10-20-45)39(59)53-37(27(5)55)43(63)54-22-12-15-33(54)41(61)50-32(14-9-11-21-46)40(60)52-36(44(64)65)26(4)7-2/h16-19,25-27,30-33,35-37,55-56H,6-15,20-24,45-47H2,1-5H3,(H,48,62)(H,49,57)(H,50,61)(H,51,58)(H,52,60)(H,53,59)(H,64,65)/t25-,26-,27+,30-,31-,32-,33-,35-,36-,37-/m0/s1. The Balaban J connectivity index is 2.17. The van der Waals surface area contributed by atoms with Gasteiger partial charge >= 0.3 is 5.97 Å². The van der Waals surface area contributed by atoms with Crippen molar-refractivity contribution in [3.8, 4) is 5.75 Å². The number of carbonyl (C=O) groups is 8. The van der Waals surface area contributed by atoms with E-state index in [0.29, 0.717) is 63.6 Å². The fourth-order valence-corrected chi connectivity index (χ4v) is 7.32. The molecule has 7 amide bonds. The average molecular weight is 919 g/mol. The molecule has 2 rings (SSSR count). The van der Waals surface area contributed by atoms with Gasteiger partial charge in [0.05, 0.1) is 18.7 Å². The SMILES string of the molecule is CC[C@H](C)[C@H](NC(=O)[C@H](CCCCN)NC(=O)[C@@H]1CCCN1C(=O)[C@@H](NC(=O)[C@H](CCCCN)NC(=O)CNC(=O)[C@@H](NC(=O)[C@@H](N)Cc1ccc(O)cc1)[C@@H](C)CC)[C@@H](C)O)C(=O)O. The Kier molecular flexibility index (Phi) is 24.5. The highest BCUT2D eigenvalue weighted by molar-refractivity contribution is 5.97. The van der Waals surface area contributed by atoms with E-state index in [1.165, 1.54) is 24.0 Å². The van der Waals surface area contributed by atoms with Crippen molar-refractivity contribution in [1.82, 2.24) is 36.8 Å². The van der Waals surface area contributed by atoms with Crippen LogP contribution in [0.5, 0.6) is 5.75 Å². The van der Waals surface area contributed by atoms with Gasteiger partial charge in [-0.3, -0.25) is 33.6 Å². The quantitative estimate of drug-likeness (QED) is 0.0412. The number of aliphatic hydroxyl groups is 1. The monoisotopic (exact) mass is 919 g/mol. The van der Waals surface area contributed by atoms with Crippen LogP contribution in [0.3, 0.4) is 0 Å². The Labute approximate surface area is 381 Å². The maximum absolute atomic E-state index is 14.1. The molecule has 0 aromatic heterocycles. The van der Waals surface area contributed by atoms with Crippen LogP contribution < -0.4 is 49.1 Å². The number of hydrogen-bond donors (Lipinski definition) is 12. The van der Waals surface area contributed by atoms with E-state index in [1.54, 1.807) is 32.9 Å². The van der Waals surface area contributed by atoms with Crippen molar-refractivity contribution in [2.24, 2.45) is 29.0 Å². The van der Waals surface area contributed by atoms with E-state index in [-0.39, 0.29) is 43.9 Å². The Hall–Kier alpha value is -5.38. The Morgan fingerprint density at radius 1 is 0.723 bits per heavy atom. The zero-order chi connectivity index (χ0) is 48.8. The van der Waals surface area contributed by atoms with E-state index in [4.69, 9.17) is 17.2 Å². The Morgan fingerprint density at radius 3 is 1.77 bits per heavy atom. The van der Waals surface area contributed by atoms with Gasteiger partial charge in [-0.2, -0.15) is 0 Å². The summed E-state index contributed by atoms with van der Waals surface area (Å²) in [5.41, 5.74) is 18.2. The molecule has 21 heteroatoms. The Morgan fingerprint density at radius 2 is 1.25 bits per heavy atom. The van der Waals surface area contributed by atoms with Crippen molar-refractivity contribution in [1.29, 1.82) is 0 Å². The molecule has 1 aliphatic heterocycles. The molecule has 1 aliphatic rings. The number of benzene rings is 1. The van der Waals surface area contributed by atoms with Crippen molar-refractivity contribution in [3.63, 3.8) is 0 Å². The summed E-state index contributed by atoms with van der Waals surface area (Å²) in [6.45, 7) is 8.47. The number of phenols is 1. The van der Waals surface area contributed by atoms with Gasteiger partial charge in [0.2, 0.25) is 41.4 Å². The highest BCUT2D eigenvalue weighted by atomic mass is 16.4. The normalized spacial score (nSPS) is 17.7. The minimum Gasteiger partial charge on any atom is -0.508 e. The number of likely N-dealkylation sites (tertiary alicyclic amines) is 1. The summed E-state index contributed by atoms with van der Waals surface area (Å²) in [4.78, 5) is 108. The van der Waals surface area contributed by atoms with Gasteiger partial charge in [0.25, 0.3) is 0 Å².